The number of halogens is 1. The van der Waals surface area contributed by atoms with Crippen LogP contribution in [0.15, 0.2) is 25.7 Å². The molecule has 2 aromatic rings. The maximum Gasteiger partial charge on any atom is 0.243 e. The lowest BCUT2D eigenvalue weighted by Gasteiger charge is -1.92. The van der Waals surface area contributed by atoms with Gasteiger partial charge in [-0.3, -0.25) is 0 Å². The maximum absolute atomic E-state index is 5.57. The summed E-state index contributed by atoms with van der Waals surface area (Å²) in [5.74, 6) is 1.35. The Morgan fingerprint density at radius 2 is 2.29 bits per heavy atom. The van der Waals surface area contributed by atoms with Crippen LogP contribution in [0, 0.1) is 0 Å². The molecule has 1 unspecified atom stereocenters. The van der Waals surface area contributed by atoms with E-state index in [0.717, 1.165) is 0 Å². The predicted octanol–water partition coefficient (Wildman–Crippen LogP) is 2.11. The van der Waals surface area contributed by atoms with Crippen molar-refractivity contribution in [1.82, 2.24) is 10.1 Å². The fourth-order valence-electron chi connectivity index (χ4n) is 0.955. The first kappa shape index (κ1) is 9.42. The van der Waals surface area contributed by atoms with E-state index in [1.165, 1.54) is 0 Å². The topological polar surface area (TPSA) is 78.1 Å². The molecule has 1 atom stereocenters. The third-order valence-electron chi connectivity index (χ3n) is 1.62. The molecule has 0 aliphatic heterocycles. The second-order valence-electron chi connectivity index (χ2n) is 2.85. The van der Waals surface area contributed by atoms with Gasteiger partial charge in [-0.2, -0.15) is 4.98 Å². The van der Waals surface area contributed by atoms with Gasteiger partial charge in [0.15, 0.2) is 10.4 Å². The van der Waals surface area contributed by atoms with Crippen molar-refractivity contribution in [2.24, 2.45) is 5.73 Å². The number of rotatable bonds is 2. The van der Waals surface area contributed by atoms with E-state index in [1.807, 2.05) is 0 Å². The van der Waals surface area contributed by atoms with Crippen LogP contribution in [0.4, 0.5) is 0 Å². The largest absolute Gasteiger partial charge is 0.446 e. The molecular weight excluding hydrogens is 250 g/mol. The molecule has 0 aliphatic carbocycles. The molecule has 0 spiro atoms. The Morgan fingerprint density at radius 3 is 2.79 bits per heavy atom. The van der Waals surface area contributed by atoms with E-state index in [0.29, 0.717) is 22.1 Å². The van der Waals surface area contributed by atoms with Gasteiger partial charge in [-0.25, -0.2) is 0 Å². The number of hydrogen-bond donors (Lipinski definition) is 1. The molecule has 6 heteroatoms. The first-order chi connectivity index (χ1) is 6.66. The van der Waals surface area contributed by atoms with Gasteiger partial charge in [-0.1, -0.05) is 5.16 Å². The molecule has 0 aromatic carbocycles. The zero-order valence-electron chi connectivity index (χ0n) is 7.40. The van der Waals surface area contributed by atoms with E-state index in [9.17, 15) is 0 Å². The Morgan fingerprint density at radius 1 is 1.50 bits per heavy atom. The van der Waals surface area contributed by atoms with Crippen molar-refractivity contribution in [2.45, 2.75) is 13.0 Å². The Kier molecular flexibility index (Phi) is 2.39. The van der Waals surface area contributed by atoms with Crippen molar-refractivity contribution in [1.29, 1.82) is 0 Å². The van der Waals surface area contributed by atoms with E-state index >= 15 is 0 Å². The highest BCUT2D eigenvalue weighted by atomic mass is 79.9. The zero-order chi connectivity index (χ0) is 10.1. The molecule has 2 aromatic heterocycles. The van der Waals surface area contributed by atoms with E-state index < -0.39 is 0 Å². The minimum absolute atomic E-state index is 0.269. The summed E-state index contributed by atoms with van der Waals surface area (Å²) in [5.41, 5.74) is 5.57. The Labute approximate surface area is 88.4 Å². The summed E-state index contributed by atoms with van der Waals surface area (Å²) in [4.78, 5) is 4.08. The number of aromatic nitrogens is 2. The minimum atomic E-state index is -0.269. The SMILES string of the molecule is CC(N)c1nc(-c2ccc(Br)o2)no1. The summed E-state index contributed by atoms with van der Waals surface area (Å²) in [6, 6.07) is 3.24. The summed E-state index contributed by atoms with van der Waals surface area (Å²) < 4.78 is 10.8. The predicted molar refractivity (Wildman–Crippen MR) is 52.3 cm³/mol. The lowest BCUT2D eigenvalue weighted by Crippen LogP contribution is -2.04. The standard InChI is InChI=1S/C8H8BrN3O2/c1-4(10)8-11-7(12-14-8)5-2-3-6(9)13-5/h2-4H,10H2,1H3. The third-order valence-corrected chi connectivity index (χ3v) is 2.05. The van der Waals surface area contributed by atoms with Crippen molar-refractivity contribution in [3.8, 4) is 11.6 Å². The van der Waals surface area contributed by atoms with Gasteiger partial charge in [0.25, 0.3) is 0 Å². The van der Waals surface area contributed by atoms with Gasteiger partial charge in [-0.15, -0.1) is 0 Å². The average Bonchev–Trinajstić information content (AvgIpc) is 2.70. The third kappa shape index (κ3) is 1.71. The highest BCUT2D eigenvalue weighted by Crippen LogP contribution is 2.23. The van der Waals surface area contributed by atoms with Crippen molar-refractivity contribution < 1.29 is 8.94 Å². The van der Waals surface area contributed by atoms with Crippen LogP contribution < -0.4 is 5.73 Å². The molecule has 5 nitrogen and oxygen atoms in total. The molecule has 0 radical (unpaired) electrons. The van der Waals surface area contributed by atoms with Crippen LogP contribution in [0.3, 0.4) is 0 Å². The van der Waals surface area contributed by atoms with E-state index in [-0.39, 0.29) is 6.04 Å². The number of nitrogens with zero attached hydrogens (tertiary/aromatic N) is 2. The van der Waals surface area contributed by atoms with E-state index in [4.69, 9.17) is 14.7 Å². The molecule has 2 heterocycles. The highest BCUT2D eigenvalue weighted by molar-refractivity contribution is 9.10. The molecule has 0 amide bonds. The Bertz CT molecular complexity index is 435. The summed E-state index contributed by atoms with van der Waals surface area (Å²) in [7, 11) is 0. The normalized spacial score (nSPS) is 13.1. The first-order valence-corrected chi connectivity index (χ1v) is 4.81. The van der Waals surface area contributed by atoms with E-state index in [2.05, 4.69) is 26.1 Å². The lowest BCUT2D eigenvalue weighted by atomic mass is 10.4. The fourth-order valence-corrected chi connectivity index (χ4v) is 1.26. The van der Waals surface area contributed by atoms with Crippen LogP contribution in [0.5, 0.6) is 0 Å². The van der Waals surface area contributed by atoms with Gasteiger partial charge < -0.3 is 14.7 Å². The zero-order valence-corrected chi connectivity index (χ0v) is 8.98. The van der Waals surface area contributed by atoms with Crippen LogP contribution >= 0.6 is 15.9 Å². The number of nitrogens with two attached hydrogens (primary N) is 1. The van der Waals surface area contributed by atoms with Crippen LogP contribution in [-0.2, 0) is 0 Å². The van der Waals surface area contributed by atoms with Gasteiger partial charge in [-0.05, 0) is 35.0 Å². The quantitative estimate of drug-likeness (QED) is 0.892. The molecule has 0 fully saturated rings. The molecule has 0 saturated carbocycles. The van der Waals surface area contributed by atoms with Gasteiger partial charge in [0.05, 0.1) is 6.04 Å². The van der Waals surface area contributed by atoms with Crippen molar-refractivity contribution in [2.75, 3.05) is 0 Å². The average molecular weight is 258 g/mol. The molecule has 2 rings (SSSR count). The molecule has 0 saturated heterocycles. The fraction of sp³-hybridized carbons (Fsp3) is 0.250. The Hall–Kier alpha value is -1.14. The molecule has 2 N–H and O–H groups in total. The first-order valence-electron chi connectivity index (χ1n) is 4.01. The van der Waals surface area contributed by atoms with Gasteiger partial charge in [0.2, 0.25) is 11.7 Å². The monoisotopic (exact) mass is 257 g/mol. The molecule has 14 heavy (non-hydrogen) atoms. The van der Waals surface area contributed by atoms with Crippen LogP contribution in [0.25, 0.3) is 11.6 Å². The minimum Gasteiger partial charge on any atom is -0.446 e. The van der Waals surface area contributed by atoms with Crippen LogP contribution in [0.1, 0.15) is 18.9 Å². The number of hydrogen-bond acceptors (Lipinski definition) is 5. The van der Waals surface area contributed by atoms with Crippen LogP contribution in [-0.4, -0.2) is 10.1 Å². The summed E-state index contributed by atoms with van der Waals surface area (Å²) in [6.07, 6.45) is 0. The molecule has 0 bridgehead atoms. The molecule has 74 valence electrons. The summed E-state index contributed by atoms with van der Waals surface area (Å²) in [5, 5.41) is 3.74. The smallest absolute Gasteiger partial charge is 0.243 e. The van der Waals surface area contributed by atoms with Crippen molar-refractivity contribution in [3.63, 3.8) is 0 Å². The highest BCUT2D eigenvalue weighted by Gasteiger charge is 2.13. The summed E-state index contributed by atoms with van der Waals surface area (Å²) >= 11 is 3.19. The second kappa shape index (κ2) is 3.55. The Balaban J connectivity index is 2.33. The van der Waals surface area contributed by atoms with Crippen molar-refractivity contribution >= 4 is 15.9 Å². The second-order valence-corrected chi connectivity index (χ2v) is 3.63. The van der Waals surface area contributed by atoms with E-state index in [1.54, 1.807) is 19.1 Å². The van der Waals surface area contributed by atoms with Gasteiger partial charge in [0, 0.05) is 0 Å². The lowest BCUT2D eigenvalue weighted by molar-refractivity contribution is 0.361. The van der Waals surface area contributed by atoms with Gasteiger partial charge in [0.1, 0.15) is 0 Å². The van der Waals surface area contributed by atoms with Crippen molar-refractivity contribution in [3.05, 3.63) is 22.7 Å². The van der Waals surface area contributed by atoms with Gasteiger partial charge >= 0.3 is 0 Å². The molecule has 0 aliphatic rings. The number of furan rings is 1. The van der Waals surface area contributed by atoms with Crippen LogP contribution in [0.2, 0.25) is 0 Å². The summed E-state index contributed by atoms with van der Waals surface area (Å²) in [6.45, 7) is 1.77. The maximum atomic E-state index is 5.57. The molecular formula is C8H8BrN3O2.